The molecule has 0 aromatic carbocycles. The molecule has 0 spiro atoms. The van der Waals surface area contributed by atoms with E-state index in [4.69, 9.17) is 4.43 Å². The molecule has 18 heavy (non-hydrogen) atoms. The highest BCUT2D eigenvalue weighted by molar-refractivity contribution is 6.69. The molecule has 0 aromatic rings. The van der Waals surface area contributed by atoms with E-state index in [-0.39, 0.29) is 17.8 Å². The van der Waals surface area contributed by atoms with Crippen molar-refractivity contribution >= 4 is 8.32 Å². The van der Waals surface area contributed by atoms with Crippen molar-refractivity contribution in [1.82, 2.24) is 0 Å². The molecule has 2 bridgehead atoms. The third-order valence-electron chi connectivity index (χ3n) is 4.87. The van der Waals surface area contributed by atoms with E-state index in [1.54, 1.807) is 0 Å². The van der Waals surface area contributed by atoms with Crippen LogP contribution in [0.15, 0.2) is 0 Å². The van der Waals surface area contributed by atoms with E-state index in [0.29, 0.717) is 18.8 Å². The van der Waals surface area contributed by atoms with Crippen LogP contribution >= 0.6 is 0 Å². The monoisotopic (exact) mass is 280 g/mol. The largest absolute Gasteiger partial charge is 0.416 e. The van der Waals surface area contributed by atoms with Gasteiger partial charge in [-0.05, 0) is 50.2 Å². The van der Waals surface area contributed by atoms with Crippen LogP contribution in [-0.2, 0) is 4.43 Å². The van der Waals surface area contributed by atoms with Crippen molar-refractivity contribution in [3.8, 4) is 0 Å². The molecular formula is C13H23F3OSi. The molecule has 0 aliphatic heterocycles. The number of hydrogen-bond donors (Lipinski definition) is 0. The van der Waals surface area contributed by atoms with Crippen molar-refractivity contribution in [3.63, 3.8) is 0 Å². The van der Waals surface area contributed by atoms with Crippen LogP contribution in [0.1, 0.15) is 33.1 Å². The predicted molar refractivity (Wildman–Crippen MR) is 67.8 cm³/mol. The SMILES string of the molecule is CC1(C)C2CCC(O[Si](C)(C)C)(C(F)(F)F)C1C2. The van der Waals surface area contributed by atoms with Crippen LogP contribution in [-0.4, -0.2) is 20.1 Å². The second-order valence-electron chi connectivity index (χ2n) is 7.45. The van der Waals surface area contributed by atoms with Gasteiger partial charge in [-0.2, -0.15) is 13.2 Å². The second kappa shape index (κ2) is 3.75. The Balaban J connectivity index is 2.38. The molecule has 106 valence electrons. The smallest absolute Gasteiger partial charge is 0.403 e. The summed E-state index contributed by atoms with van der Waals surface area (Å²) in [6.07, 6.45) is -2.77. The zero-order valence-corrected chi connectivity index (χ0v) is 12.8. The number of hydrogen-bond acceptors (Lipinski definition) is 1. The van der Waals surface area contributed by atoms with Gasteiger partial charge in [0.1, 0.15) is 0 Å². The van der Waals surface area contributed by atoms with Gasteiger partial charge in [-0.25, -0.2) is 0 Å². The van der Waals surface area contributed by atoms with E-state index < -0.39 is 20.1 Å². The molecule has 0 aromatic heterocycles. The van der Waals surface area contributed by atoms with Gasteiger partial charge in [-0.3, -0.25) is 0 Å². The van der Waals surface area contributed by atoms with E-state index in [1.165, 1.54) is 0 Å². The fraction of sp³-hybridized carbons (Fsp3) is 1.00. The summed E-state index contributed by atoms with van der Waals surface area (Å²) in [5, 5.41) is 0. The molecule has 5 heteroatoms. The molecule has 0 amide bonds. The lowest BCUT2D eigenvalue weighted by atomic mass is 9.44. The Bertz CT molecular complexity index is 343. The van der Waals surface area contributed by atoms with Crippen molar-refractivity contribution in [2.45, 2.75) is 64.5 Å². The molecule has 0 N–H and O–H groups in total. The highest BCUT2D eigenvalue weighted by Crippen LogP contribution is 2.67. The number of halogens is 3. The lowest BCUT2D eigenvalue weighted by molar-refractivity contribution is -0.328. The first-order valence-electron chi connectivity index (χ1n) is 6.67. The highest BCUT2D eigenvalue weighted by Gasteiger charge is 2.72. The Hall–Kier alpha value is -0.0331. The molecule has 1 nitrogen and oxygen atoms in total. The minimum atomic E-state index is -4.25. The van der Waals surface area contributed by atoms with Gasteiger partial charge in [0.05, 0.1) is 0 Å². The zero-order chi connectivity index (χ0) is 14.0. The first-order chi connectivity index (χ1) is 7.90. The number of fused-ring (bicyclic) bond motifs is 2. The molecule has 3 saturated carbocycles. The van der Waals surface area contributed by atoms with Gasteiger partial charge in [0.15, 0.2) is 13.9 Å². The second-order valence-corrected chi connectivity index (χ2v) is 11.9. The molecule has 3 aliphatic carbocycles. The van der Waals surface area contributed by atoms with Crippen molar-refractivity contribution in [3.05, 3.63) is 0 Å². The zero-order valence-electron chi connectivity index (χ0n) is 11.8. The molecule has 0 heterocycles. The first kappa shape index (κ1) is 14.4. The average molecular weight is 280 g/mol. The van der Waals surface area contributed by atoms with Gasteiger partial charge in [-0.1, -0.05) is 13.8 Å². The minimum absolute atomic E-state index is 0.152. The normalized spacial score (nSPS) is 39.3. The summed E-state index contributed by atoms with van der Waals surface area (Å²) in [7, 11) is -2.23. The van der Waals surface area contributed by atoms with Gasteiger partial charge in [0.2, 0.25) is 0 Å². The van der Waals surface area contributed by atoms with Gasteiger partial charge in [0, 0.05) is 5.92 Å². The Morgan fingerprint density at radius 3 is 2.06 bits per heavy atom. The Kier molecular flexibility index (Phi) is 2.99. The fourth-order valence-corrected chi connectivity index (χ4v) is 5.38. The topological polar surface area (TPSA) is 9.23 Å². The van der Waals surface area contributed by atoms with Crippen LogP contribution in [0.25, 0.3) is 0 Å². The van der Waals surface area contributed by atoms with Crippen molar-refractivity contribution in [2.24, 2.45) is 17.3 Å². The maximum Gasteiger partial charge on any atom is 0.416 e. The third kappa shape index (κ3) is 1.94. The van der Waals surface area contributed by atoms with E-state index in [1.807, 2.05) is 33.5 Å². The molecule has 3 fully saturated rings. The number of rotatable bonds is 2. The maximum atomic E-state index is 13.6. The summed E-state index contributed by atoms with van der Waals surface area (Å²) >= 11 is 0. The molecule has 3 unspecified atom stereocenters. The summed E-state index contributed by atoms with van der Waals surface area (Å²) in [6, 6.07) is 0. The summed E-state index contributed by atoms with van der Waals surface area (Å²) in [5.41, 5.74) is -2.11. The van der Waals surface area contributed by atoms with Crippen LogP contribution < -0.4 is 0 Å². The van der Waals surface area contributed by atoms with Crippen molar-refractivity contribution < 1.29 is 17.6 Å². The molecule has 3 rings (SSSR count). The quantitative estimate of drug-likeness (QED) is 0.672. The van der Waals surface area contributed by atoms with Crippen molar-refractivity contribution in [1.29, 1.82) is 0 Å². The first-order valence-corrected chi connectivity index (χ1v) is 10.1. The predicted octanol–water partition coefficient (Wildman–Crippen LogP) is 4.60. The highest BCUT2D eigenvalue weighted by atomic mass is 28.4. The van der Waals surface area contributed by atoms with E-state index >= 15 is 0 Å². The number of alkyl halides is 3. The molecule has 0 saturated heterocycles. The Morgan fingerprint density at radius 2 is 1.72 bits per heavy atom. The fourth-order valence-electron chi connectivity index (χ4n) is 3.93. The van der Waals surface area contributed by atoms with Gasteiger partial charge >= 0.3 is 6.18 Å². The van der Waals surface area contributed by atoms with E-state index in [2.05, 4.69) is 0 Å². The minimum Gasteiger partial charge on any atom is -0.403 e. The van der Waals surface area contributed by atoms with Crippen LogP contribution in [0.3, 0.4) is 0 Å². The summed E-state index contributed by atoms with van der Waals surface area (Å²) in [6.45, 7) is 9.48. The van der Waals surface area contributed by atoms with Gasteiger partial charge in [0.25, 0.3) is 0 Å². The summed E-state index contributed by atoms with van der Waals surface area (Å²) < 4.78 is 46.7. The molecular weight excluding hydrogens is 257 g/mol. The summed E-state index contributed by atoms with van der Waals surface area (Å²) in [5.74, 6) is 0.0821. The van der Waals surface area contributed by atoms with Gasteiger partial charge < -0.3 is 4.43 Å². The van der Waals surface area contributed by atoms with Crippen LogP contribution in [0.5, 0.6) is 0 Å². The molecule has 3 atom stereocenters. The van der Waals surface area contributed by atoms with Gasteiger partial charge in [-0.15, -0.1) is 0 Å². The third-order valence-corrected chi connectivity index (χ3v) is 5.84. The van der Waals surface area contributed by atoms with Crippen LogP contribution in [0.2, 0.25) is 19.6 Å². The lowest BCUT2D eigenvalue weighted by Gasteiger charge is -2.65. The Morgan fingerprint density at radius 1 is 1.17 bits per heavy atom. The van der Waals surface area contributed by atoms with E-state index in [0.717, 1.165) is 0 Å². The van der Waals surface area contributed by atoms with Crippen LogP contribution in [0, 0.1) is 17.3 Å². The maximum absolute atomic E-state index is 13.6. The summed E-state index contributed by atoms with van der Waals surface area (Å²) in [4.78, 5) is 0. The lowest BCUT2D eigenvalue weighted by Crippen LogP contribution is -2.69. The Labute approximate surface area is 108 Å². The molecule has 3 aliphatic rings. The molecule has 0 radical (unpaired) electrons. The van der Waals surface area contributed by atoms with E-state index in [9.17, 15) is 13.2 Å². The average Bonchev–Trinajstić information content (AvgIpc) is 2.12. The van der Waals surface area contributed by atoms with Crippen LogP contribution in [0.4, 0.5) is 13.2 Å². The van der Waals surface area contributed by atoms with Crippen molar-refractivity contribution in [2.75, 3.05) is 0 Å². The standard InChI is InChI=1S/C13H23F3OSi/c1-11(2)9-6-7-12(10(11)8-9,13(14,15)16)17-18(3,4)5/h9-10H,6-8H2,1-5H3.